The first-order valence-corrected chi connectivity index (χ1v) is 8.50. The van der Waals surface area contributed by atoms with Gasteiger partial charge in [0.05, 0.1) is 12.0 Å². The summed E-state index contributed by atoms with van der Waals surface area (Å²) in [6.07, 6.45) is 2.10. The van der Waals surface area contributed by atoms with Crippen LogP contribution < -0.4 is 10.1 Å². The topological polar surface area (TPSA) is 65.4 Å². The van der Waals surface area contributed by atoms with Crippen molar-refractivity contribution >= 4 is 5.91 Å². The van der Waals surface area contributed by atoms with Crippen LogP contribution in [0.5, 0.6) is 5.75 Å². The lowest BCUT2D eigenvalue weighted by molar-refractivity contribution is -0.124. The van der Waals surface area contributed by atoms with Crippen LogP contribution >= 0.6 is 0 Å². The van der Waals surface area contributed by atoms with E-state index in [1.54, 1.807) is 0 Å². The maximum Gasteiger partial charge on any atom is 0.258 e. The van der Waals surface area contributed by atoms with Gasteiger partial charge in [0.1, 0.15) is 5.75 Å². The molecule has 0 saturated carbocycles. The second-order valence-corrected chi connectivity index (χ2v) is 7.43. The molecule has 5 heteroatoms. The van der Waals surface area contributed by atoms with Crippen molar-refractivity contribution in [3.05, 3.63) is 29.8 Å². The highest BCUT2D eigenvalue weighted by Crippen LogP contribution is 2.19. The fourth-order valence-electron chi connectivity index (χ4n) is 2.86. The quantitative estimate of drug-likeness (QED) is 0.902. The number of hydrogen-bond acceptors (Lipinski definition) is 4. The van der Waals surface area contributed by atoms with Gasteiger partial charge in [0.2, 0.25) is 0 Å². The molecule has 1 aliphatic rings. The summed E-state index contributed by atoms with van der Waals surface area (Å²) in [6, 6.07) is 10.2. The average Bonchev–Trinajstić information content (AvgIpc) is 2.53. The van der Waals surface area contributed by atoms with Crippen LogP contribution in [0, 0.1) is 17.2 Å². The van der Waals surface area contributed by atoms with Gasteiger partial charge in [-0.2, -0.15) is 5.26 Å². The van der Waals surface area contributed by atoms with Gasteiger partial charge >= 0.3 is 0 Å². The molecular weight excluding hydrogens is 302 g/mol. The number of ether oxygens (including phenoxy) is 1. The van der Waals surface area contributed by atoms with E-state index in [0.717, 1.165) is 32.5 Å². The zero-order chi connectivity index (χ0) is 17.6. The molecule has 0 unspecified atom stereocenters. The van der Waals surface area contributed by atoms with Gasteiger partial charge in [-0.3, -0.25) is 9.69 Å². The number of rotatable bonds is 5. The molecule has 5 nitrogen and oxygen atoms in total. The molecule has 1 aromatic carbocycles. The monoisotopic (exact) mass is 329 g/mol. The summed E-state index contributed by atoms with van der Waals surface area (Å²) in [5, 5.41) is 11.9. The molecule has 1 fully saturated rings. The molecule has 0 aromatic heterocycles. The van der Waals surface area contributed by atoms with Gasteiger partial charge in [0, 0.05) is 18.6 Å². The van der Waals surface area contributed by atoms with Gasteiger partial charge in [-0.25, -0.2) is 0 Å². The summed E-state index contributed by atoms with van der Waals surface area (Å²) in [6.45, 7) is 8.59. The van der Waals surface area contributed by atoms with Crippen molar-refractivity contribution in [3.63, 3.8) is 0 Å². The van der Waals surface area contributed by atoms with Crippen molar-refractivity contribution in [2.75, 3.05) is 19.7 Å². The van der Waals surface area contributed by atoms with Gasteiger partial charge in [0.25, 0.3) is 5.91 Å². The van der Waals surface area contributed by atoms with Gasteiger partial charge in [-0.05, 0) is 57.9 Å². The zero-order valence-corrected chi connectivity index (χ0v) is 14.8. The van der Waals surface area contributed by atoms with Crippen LogP contribution in [0.4, 0.5) is 0 Å². The number of nitrogens with one attached hydrogen (secondary N) is 1. The summed E-state index contributed by atoms with van der Waals surface area (Å²) < 4.78 is 5.52. The molecular formula is C19H27N3O2. The standard InChI is InChI=1S/C19H27N3O2/c1-19(2,3)21-18(23)14-24-17-8-6-15(7-9-17)12-22-10-4-5-16(11-20)13-22/h6-9,16H,4-5,10,12-14H2,1-3H3,(H,21,23)/t16-/m1/s1. The predicted molar refractivity (Wildman–Crippen MR) is 93.4 cm³/mol. The van der Waals surface area contributed by atoms with Crippen LogP contribution in [-0.2, 0) is 11.3 Å². The molecule has 1 N–H and O–H groups in total. The number of piperidine rings is 1. The highest BCUT2D eigenvalue weighted by molar-refractivity contribution is 5.78. The highest BCUT2D eigenvalue weighted by Gasteiger charge is 2.19. The third-order valence-electron chi connectivity index (χ3n) is 3.90. The number of amides is 1. The van der Waals surface area contributed by atoms with Crippen LogP contribution in [-0.4, -0.2) is 36.0 Å². The Morgan fingerprint density at radius 2 is 2.08 bits per heavy atom. The molecule has 0 bridgehead atoms. The number of likely N-dealkylation sites (tertiary alicyclic amines) is 1. The van der Waals surface area contributed by atoms with E-state index >= 15 is 0 Å². The molecule has 1 aromatic rings. The van der Waals surface area contributed by atoms with Crippen molar-refractivity contribution in [2.24, 2.45) is 5.92 Å². The minimum atomic E-state index is -0.250. The van der Waals surface area contributed by atoms with Crippen molar-refractivity contribution < 1.29 is 9.53 Å². The van der Waals surface area contributed by atoms with Crippen molar-refractivity contribution in [1.29, 1.82) is 5.26 Å². The van der Waals surface area contributed by atoms with Gasteiger partial charge < -0.3 is 10.1 Å². The lowest BCUT2D eigenvalue weighted by Crippen LogP contribution is -2.43. The first-order chi connectivity index (χ1) is 11.4. The summed E-state index contributed by atoms with van der Waals surface area (Å²) >= 11 is 0. The molecule has 0 radical (unpaired) electrons. The van der Waals surface area contributed by atoms with E-state index < -0.39 is 0 Å². The predicted octanol–water partition coefficient (Wildman–Crippen LogP) is 2.72. The lowest BCUT2D eigenvalue weighted by atomic mass is 9.99. The number of carbonyl (C=O) groups is 1. The van der Waals surface area contributed by atoms with Crippen LogP contribution in [0.2, 0.25) is 0 Å². The Hall–Kier alpha value is -2.06. The average molecular weight is 329 g/mol. The van der Waals surface area contributed by atoms with Gasteiger partial charge in [-0.15, -0.1) is 0 Å². The van der Waals surface area contributed by atoms with Crippen molar-refractivity contribution in [3.8, 4) is 11.8 Å². The first-order valence-electron chi connectivity index (χ1n) is 8.50. The normalized spacial score (nSPS) is 18.7. The Bertz CT molecular complexity index is 584. The molecule has 1 amide bonds. The van der Waals surface area contributed by atoms with E-state index in [1.165, 1.54) is 5.56 Å². The summed E-state index contributed by atoms with van der Waals surface area (Å²) in [5.41, 5.74) is 0.945. The van der Waals surface area contributed by atoms with Crippen LogP contribution in [0.25, 0.3) is 0 Å². The first kappa shape index (κ1) is 18.3. The maximum absolute atomic E-state index is 11.8. The van der Waals surface area contributed by atoms with Crippen LogP contribution in [0.3, 0.4) is 0 Å². The van der Waals surface area contributed by atoms with E-state index in [0.29, 0.717) is 5.75 Å². The maximum atomic E-state index is 11.8. The van der Waals surface area contributed by atoms with Crippen LogP contribution in [0.1, 0.15) is 39.2 Å². The van der Waals surface area contributed by atoms with E-state index in [2.05, 4.69) is 16.3 Å². The molecule has 24 heavy (non-hydrogen) atoms. The van der Waals surface area contributed by atoms with Gasteiger partial charge in [-0.1, -0.05) is 12.1 Å². The van der Waals surface area contributed by atoms with E-state index in [-0.39, 0.29) is 24.0 Å². The molecule has 2 rings (SSSR count). The second kappa shape index (κ2) is 8.16. The summed E-state index contributed by atoms with van der Waals surface area (Å²) in [4.78, 5) is 14.1. The molecule has 0 spiro atoms. The fraction of sp³-hybridized carbons (Fsp3) is 0.579. The third kappa shape index (κ3) is 6.21. The van der Waals surface area contributed by atoms with E-state index in [9.17, 15) is 4.79 Å². The Balaban J connectivity index is 1.80. The fourth-order valence-corrected chi connectivity index (χ4v) is 2.86. The second-order valence-electron chi connectivity index (χ2n) is 7.43. The SMILES string of the molecule is CC(C)(C)NC(=O)COc1ccc(CN2CCC[C@H](C#N)C2)cc1. The van der Waals surface area contributed by atoms with Crippen LogP contribution in [0.15, 0.2) is 24.3 Å². The lowest BCUT2D eigenvalue weighted by Gasteiger charge is -2.29. The molecule has 1 heterocycles. The molecule has 0 aliphatic carbocycles. The smallest absolute Gasteiger partial charge is 0.258 e. The molecule has 1 saturated heterocycles. The summed E-state index contributed by atoms with van der Waals surface area (Å²) in [5.74, 6) is 0.724. The summed E-state index contributed by atoms with van der Waals surface area (Å²) in [7, 11) is 0. The van der Waals surface area contributed by atoms with Gasteiger partial charge in [0.15, 0.2) is 6.61 Å². The minimum Gasteiger partial charge on any atom is -0.484 e. The number of nitriles is 1. The number of nitrogens with zero attached hydrogens (tertiary/aromatic N) is 2. The van der Waals surface area contributed by atoms with Crippen molar-refractivity contribution in [1.82, 2.24) is 10.2 Å². The Morgan fingerprint density at radius 3 is 2.71 bits per heavy atom. The van der Waals surface area contributed by atoms with Crippen molar-refractivity contribution in [2.45, 2.75) is 45.7 Å². The Kier molecular flexibility index (Phi) is 6.22. The molecule has 1 aliphatic heterocycles. The molecule has 1 atom stereocenters. The largest absolute Gasteiger partial charge is 0.484 e. The number of hydrogen-bond donors (Lipinski definition) is 1. The zero-order valence-electron chi connectivity index (χ0n) is 14.8. The molecule has 130 valence electrons. The van der Waals surface area contributed by atoms with E-state index in [1.807, 2.05) is 45.0 Å². The highest BCUT2D eigenvalue weighted by atomic mass is 16.5. The number of benzene rings is 1. The Labute approximate surface area is 144 Å². The van der Waals surface area contributed by atoms with E-state index in [4.69, 9.17) is 10.00 Å². The Morgan fingerprint density at radius 1 is 1.38 bits per heavy atom. The number of carbonyl (C=O) groups excluding carboxylic acids is 1. The third-order valence-corrected chi connectivity index (χ3v) is 3.90. The minimum absolute atomic E-state index is 0.0204.